The van der Waals surface area contributed by atoms with Crippen LogP contribution in [0.4, 0.5) is 0 Å². The summed E-state index contributed by atoms with van der Waals surface area (Å²) in [6, 6.07) is -2.97. The van der Waals surface area contributed by atoms with Crippen molar-refractivity contribution in [2.45, 2.75) is 44.8 Å². The van der Waals surface area contributed by atoms with Crippen LogP contribution in [0, 0.1) is 0 Å². The highest BCUT2D eigenvalue weighted by molar-refractivity contribution is 5.91. The van der Waals surface area contributed by atoms with Gasteiger partial charge in [-0.05, 0) is 20.3 Å². The normalized spacial score (nSPS) is 14.8. The quantitative estimate of drug-likeness (QED) is 0.336. The minimum Gasteiger partial charge on any atom is -0.480 e. The number of rotatable bonds is 8. The topological polar surface area (TPSA) is 165 Å². The van der Waals surface area contributed by atoms with E-state index in [4.69, 9.17) is 16.6 Å². The maximum Gasteiger partial charge on any atom is 0.326 e. The second-order valence-electron chi connectivity index (χ2n) is 4.42. The fraction of sp³-hybridized carbons (Fsp3) is 0.636. The summed E-state index contributed by atoms with van der Waals surface area (Å²) in [7, 11) is 0. The van der Waals surface area contributed by atoms with E-state index in [9.17, 15) is 19.2 Å². The van der Waals surface area contributed by atoms with Crippen LogP contribution in [0.3, 0.4) is 0 Å². The van der Waals surface area contributed by atoms with E-state index in [2.05, 4.69) is 10.6 Å². The molecular weight excluding hydrogens is 268 g/mol. The third-order valence-corrected chi connectivity index (χ3v) is 2.46. The number of hydrogen-bond donors (Lipinski definition) is 5. The van der Waals surface area contributed by atoms with Crippen LogP contribution in [0.25, 0.3) is 0 Å². The number of carboxylic acids is 1. The molecule has 3 unspecified atom stereocenters. The van der Waals surface area contributed by atoms with Gasteiger partial charge in [-0.15, -0.1) is 0 Å². The van der Waals surface area contributed by atoms with Crippen LogP contribution in [0.15, 0.2) is 0 Å². The zero-order valence-electron chi connectivity index (χ0n) is 11.4. The van der Waals surface area contributed by atoms with Crippen molar-refractivity contribution < 1.29 is 24.3 Å². The van der Waals surface area contributed by atoms with Crippen LogP contribution < -0.4 is 22.1 Å². The molecule has 0 aromatic carbocycles. The molecule has 3 atom stereocenters. The Morgan fingerprint density at radius 2 is 1.65 bits per heavy atom. The highest BCUT2D eigenvalue weighted by Gasteiger charge is 2.24. The largest absolute Gasteiger partial charge is 0.480 e. The second kappa shape index (κ2) is 8.10. The zero-order valence-corrected chi connectivity index (χ0v) is 11.4. The number of primary amides is 1. The van der Waals surface area contributed by atoms with Crippen LogP contribution >= 0.6 is 0 Å². The Labute approximate surface area is 116 Å². The fourth-order valence-electron chi connectivity index (χ4n) is 1.25. The van der Waals surface area contributed by atoms with Gasteiger partial charge >= 0.3 is 5.97 Å². The summed E-state index contributed by atoms with van der Waals surface area (Å²) in [6.07, 6.45) is -0.289. The van der Waals surface area contributed by atoms with Gasteiger partial charge in [0.25, 0.3) is 0 Å². The summed E-state index contributed by atoms with van der Waals surface area (Å²) >= 11 is 0. The van der Waals surface area contributed by atoms with Crippen molar-refractivity contribution in [1.82, 2.24) is 10.6 Å². The van der Waals surface area contributed by atoms with Crippen molar-refractivity contribution in [3.63, 3.8) is 0 Å². The van der Waals surface area contributed by atoms with Crippen molar-refractivity contribution in [2.24, 2.45) is 11.5 Å². The Hall–Kier alpha value is -2.16. The van der Waals surface area contributed by atoms with Crippen LogP contribution in [0.1, 0.15) is 26.7 Å². The van der Waals surface area contributed by atoms with Gasteiger partial charge in [-0.25, -0.2) is 4.79 Å². The molecule has 9 heteroatoms. The summed E-state index contributed by atoms with van der Waals surface area (Å²) in [4.78, 5) is 44.6. The van der Waals surface area contributed by atoms with Gasteiger partial charge < -0.3 is 27.2 Å². The Kier molecular flexibility index (Phi) is 7.22. The van der Waals surface area contributed by atoms with Gasteiger partial charge in [0.15, 0.2) is 0 Å². The smallest absolute Gasteiger partial charge is 0.326 e. The lowest BCUT2D eigenvalue weighted by atomic mass is 10.1. The summed E-state index contributed by atoms with van der Waals surface area (Å²) in [5.74, 6) is -3.17. The molecule has 7 N–H and O–H groups in total. The summed E-state index contributed by atoms with van der Waals surface area (Å²) in [5.41, 5.74) is 10.2. The molecule has 0 aromatic heterocycles. The summed E-state index contributed by atoms with van der Waals surface area (Å²) < 4.78 is 0. The molecule has 0 aliphatic rings. The Morgan fingerprint density at radius 3 is 2.05 bits per heavy atom. The molecule has 0 aliphatic heterocycles. The van der Waals surface area contributed by atoms with Gasteiger partial charge in [-0.3, -0.25) is 14.4 Å². The molecule has 0 bridgehead atoms. The first kappa shape index (κ1) is 17.8. The van der Waals surface area contributed by atoms with Gasteiger partial charge in [0.1, 0.15) is 12.1 Å². The molecule has 9 nitrogen and oxygen atoms in total. The van der Waals surface area contributed by atoms with E-state index < -0.39 is 41.8 Å². The number of hydrogen-bond acceptors (Lipinski definition) is 5. The monoisotopic (exact) mass is 288 g/mol. The zero-order chi connectivity index (χ0) is 15.9. The highest BCUT2D eigenvalue weighted by Crippen LogP contribution is 1.98. The average molecular weight is 288 g/mol. The first-order chi connectivity index (χ1) is 9.15. The first-order valence-electron chi connectivity index (χ1n) is 6.02. The minimum atomic E-state index is -1.29. The van der Waals surface area contributed by atoms with Gasteiger partial charge in [-0.2, -0.15) is 0 Å². The average Bonchev–Trinajstić information content (AvgIpc) is 2.32. The number of nitrogens with one attached hydrogen (secondary N) is 2. The van der Waals surface area contributed by atoms with Crippen molar-refractivity contribution in [2.75, 3.05) is 0 Å². The molecule has 20 heavy (non-hydrogen) atoms. The lowest BCUT2D eigenvalue weighted by Gasteiger charge is -2.19. The Bertz CT molecular complexity index is 396. The molecule has 0 saturated carbocycles. The highest BCUT2D eigenvalue weighted by atomic mass is 16.4. The van der Waals surface area contributed by atoms with Gasteiger partial charge in [0, 0.05) is 6.42 Å². The number of carbonyl (C=O) groups excluding carboxylic acids is 3. The van der Waals surface area contributed by atoms with Crippen molar-refractivity contribution in [3.05, 3.63) is 0 Å². The predicted molar refractivity (Wildman–Crippen MR) is 69.2 cm³/mol. The molecular formula is C11H20N4O5. The molecule has 0 rings (SSSR count). The summed E-state index contributed by atoms with van der Waals surface area (Å²) in [5, 5.41) is 13.5. The minimum absolute atomic E-state index is 0.121. The lowest BCUT2D eigenvalue weighted by Crippen LogP contribution is -2.52. The molecule has 0 aliphatic carbocycles. The second-order valence-corrected chi connectivity index (χ2v) is 4.42. The molecule has 3 amide bonds. The number of aliphatic carboxylic acids is 1. The number of amides is 3. The van der Waals surface area contributed by atoms with Crippen molar-refractivity contribution in [3.8, 4) is 0 Å². The molecule has 0 radical (unpaired) electrons. The standard InChI is InChI=1S/C11H20N4O5/c1-5(12)9(17)14-6(2)10(18)15-7(11(19)20)3-4-8(13)16/h5-7H,3-4,12H2,1-2H3,(H2,13,16)(H,14,17)(H,15,18)(H,19,20). The molecule has 0 saturated heterocycles. The van der Waals surface area contributed by atoms with Crippen molar-refractivity contribution in [1.29, 1.82) is 0 Å². The van der Waals surface area contributed by atoms with E-state index >= 15 is 0 Å². The van der Waals surface area contributed by atoms with Crippen LogP contribution in [-0.2, 0) is 19.2 Å². The molecule has 114 valence electrons. The first-order valence-corrected chi connectivity index (χ1v) is 6.02. The Morgan fingerprint density at radius 1 is 1.10 bits per heavy atom. The van der Waals surface area contributed by atoms with Crippen LogP contribution in [0.2, 0.25) is 0 Å². The van der Waals surface area contributed by atoms with E-state index in [1.165, 1.54) is 13.8 Å². The summed E-state index contributed by atoms with van der Waals surface area (Å²) in [6.45, 7) is 2.84. The Balaban J connectivity index is 4.48. The molecule has 0 fully saturated rings. The van der Waals surface area contributed by atoms with E-state index in [0.717, 1.165) is 0 Å². The van der Waals surface area contributed by atoms with E-state index in [0.29, 0.717) is 0 Å². The number of carbonyl (C=O) groups is 4. The SMILES string of the molecule is CC(N)C(=O)NC(C)C(=O)NC(CCC(N)=O)C(=O)O. The van der Waals surface area contributed by atoms with Crippen LogP contribution in [0.5, 0.6) is 0 Å². The molecule has 0 aromatic rings. The van der Waals surface area contributed by atoms with E-state index in [1.807, 2.05) is 0 Å². The fourth-order valence-corrected chi connectivity index (χ4v) is 1.25. The third kappa shape index (κ3) is 6.69. The van der Waals surface area contributed by atoms with Gasteiger partial charge in [0.05, 0.1) is 6.04 Å². The van der Waals surface area contributed by atoms with E-state index in [1.54, 1.807) is 0 Å². The number of carboxylic acid groups (broad SMARTS) is 1. The lowest BCUT2D eigenvalue weighted by molar-refractivity contribution is -0.142. The third-order valence-electron chi connectivity index (χ3n) is 2.46. The molecule has 0 spiro atoms. The molecule has 0 heterocycles. The van der Waals surface area contributed by atoms with Gasteiger partial charge in [-0.1, -0.05) is 0 Å². The maximum atomic E-state index is 11.7. The number of nitrogens with two attached hydrogens (primary N) is 2. The van der Waals surface area contributed by atoms with E-state index in [-0.39, 0.29) is 12.8 Å². The van der Waals surface area contributed by atoms with Crippen LogP contribution in [-0.4, -0.2) is 46.9 Å². The van der Waals surface area contributed by atoms with Gasteiger partial charge in [0.2, 0.25) is 17.7 Å². The predicted octanol–water partition coefficient (Wildman–Crippen LogP) is -2.33. The van der Waals surface area contributed by atoms with Crippen molar-refractivity contribution >= 4 is 23.7 Å². The maximum absolute atomic E-state index is 11.7.